The van der Waals surface area contributed by atoms with E-state index in [1.165, 1.54) is 11.8 Å². The largest absolute Gasteiger partial charge is 0.619 e. The lowest BCUT2D eigenvalue weighted by atomic mass is 9.86. The predicted molar refractivity (Wildman–Crippen MR) is 69.5 cm³/mol. The van der Waals surface area contributed by atoms with E-state index in [0.717, 1.165) is 15.9 Å². The van der Waals surface area contributed by atoms with Crippen molar-refractivity contribution in [1.82, 2.24) is 0 Å². The summed E-state index contributed by atoms with van der Waals surface area (Å²) in [5, 5.41) is 11.2. The Morgan fingerprint density at radius 3 is 2.12 bits per heavy atom. The summed E-state index contributed by atoms with van der Waals surface area (Å²) < 4.78 is 0.826. The molecule has 0 atom stereocenters. The molecule has 0 bridgehead atoms. The highest BCUT2D eigenvalue weighted by molar-refractivity contribution is 5.62. The Hall–Kier alpha value is -1.83. The highest BCUT2D eigenvalue weighted by Gasteiger charge is 2.13. The number of nitrogens with zero attached hydrogens (tertiary/aromatic N) is 1. The molecule has 0 unspecified atom stereocenters. The number of hydrogen-bond donors (Lipinski definition) is 0. The van der Waals surface area contributed by atoms with E-state index in [1.54, 1.807) is 12.3 Å². The molecule has 0 fully saturated rings. The van der Waals surface area contributed by atoms with E-state index in [9.17, 15) is 5.21 Å². The summed E-state index contributed by atoms with van der Waals surface area (Å²) in [5.41, 5.74) is 3.48. The molecule has 2 heteroatoms. The second kappa shape index (κ2) is 4.21. The molecular formula is C15H17NO. The molecule has 0 aliphatic carbocycles. The number of hydrogen-bond acceptors (Lipinski definition) is 1. The van der Waals surface area contributed by atoms with Crippen molar-refractivity contribution in [2.24, 2.45) is 0 Å². The second-order valence-electron chi connectivity index (χ2n) is 5.28. The van der Waals surface area contributed by atoms with Crippen LogP contribution in [0.1, 0.15) is 26.3 Å². The molecule has 88 valence electrons. The average molecular weight is 227 g/mol. The molecule has 2 aromatic rings. The minimum atomic E-state index is 0.160. The van der Waals surface area contributed by atoms with Gasteiger partial charge in [-0.3, -0.25) is 0 Å². The highest BCUT2D eigenvalue weighted by atomic mass is 16.5. The molecule has 0 aliphatic rings. The van der Waals surface area contributed by atoms with Gasteiger partial charge in [-0.1, -0.05) is 45.0 Å². The van der Waals surface area contributed by atoms with Crippen LogP contribution in [-0.2, 0) is 5.41 Å². The normalized spacial score (nSPS) is 11.5. The minimum absolute atomic E-state index is 0.160. The standard InChI is InChI=1S/C15H17NO/c1-15(2,3)14-8-6-12(7-9-14)13-5-4-10-16(17)11-13/h4-11H,1-3H3. The van der Waals surface area contributed by atoms with Crippen molar-refractivity contribution in [2.75, 3.05) is 0 Å². The van der Waals surface area contributed by atoms with E-state index in [2.05, 4.69) is 45.0 Å². The molecule has 0 saturated heterocycles. The third-order valence-corrected chi connectivity index (χ3v) is 2.86. The molecule has 0 radical (unpaired) electrons. The van der Waals surface area contributed by atoms with Gasteiger partial charge in [-0.25, -0.2) is 0 Å². The van der Waals surface area contributed by atoms with Gasteiger partial charge in [-0.05, 0) is 22.6 Å². The second-order valence-corrected chi connectivity index (χ2v) is 5.28. The Labute approximate surface area is 102 Å². The van der Waals surface area contributed by atoms with Crippen molar-refractivity contribution in [1.29, 1.82) is 0 Å². The molecule has 0 spiro atoms. The van der Waals surface area contributed by atoms with Gasteiger partial charge >= 0.3 is 0 Å². The van der Waals surface area contributed by atoms with Crippen LogP contribution in [0.2, 0.25) is 0 Å². The lowest BCUT2D eigenvalue weighted by Gasteiger charge is -2.19. The number of benzene rings is 1. The summed E-state index contributed by atoms with van der Waals surface area (Å²) >= 11 is 0. The average Bonchev–Trinajstić information content (AvgIpc) is 2.28. The van der Waals surface area contributed by atoms with Gasteiger partial charge in [0.15, 0.2) is 12.4 Å². The summed E-state index contributed by atoms with van der Waals surface area (Å²) in [6.45, 7) is 6.57. The van der Waals surface area contributed by atoms with Crippen LogP contribution >= 0.6 is 0 Å². The quantitative estimate of drug-likeness (QED) is 0.542. The lowest BCUT2D eigenvalue weighted by Crippen LogP contribution is -2.23. The minimum Gasteiger partial charge on any atom is -0.619 e. The topological polar surface area (TPSA) is 26.9 Å². The summed E-state index contributed by atoms with van der Waals surface area (Å²) in [5.74, 6) is 0. The summed E-state index contributed by atoms with van der Waals surface area (Å²) in [6, 6.07) is 12.1. The number of aromatic nitrogens is 1. The van der Waals surface area contributed by atoms with Crippen LogP contribution in [0.4, 0.5) is 0 Å². The van der Waals surface area contributed by atoms with Crippen molar-refractivity contribution in [2.45, 2.75) is 26.2 Å². The Morgan fingerprint density at radius 2 is 1.59 bits per heavy atom. The van der Waals surface area contributed by atoms with Crippen LogP contribution in [0.5, 0.6) is 0 Å². The molecule has 17 heavy (non-hydrogen) atoms. The predicted octanol–water partition coefficient (Wildman–Crippen LogP) is 3.28. The van der Waals surface area contributed by atoms with Crippen molar-refractivity contribution in [3.8, 4) is 11.1 Å². The fourth-order valence-electron chi connectivity index (χ4n) is 1.79. The van der Waals surface area contributed by atoms with E-state index in [1.807, 2.05) is 6.07 Å². The fraction of sp³-hybridized carbons (Fsp3) is 0.267. The molecule has 0 N–H and O–H groups in total. The van der Waals surface area contributed by atoms with E-state index >= 15 is 0 Å². The Morgan fingerprint density at radius 1 is 0.941 bits per heavy atom. The zero-order chi connectivity index (χ0) is 12.5. The third kappa shape index (κ3) is 2.64. The maximum atomic E-state index is 11.2. The molecule has 1 aromatic heterocycles. The first kappa shape index (κ1) is 11.6. The summed E-state index contributed by atoms with van der Waals surface area (Å²) in [4.78, 5) is 0. The Balaban J connectivity index is 2.36. The van der Waals surface area contributed by atoms with Gasteiger partial charge in [0.1, 0.15) is 0 Å². The molecule has 0 saturated carbocycles. The molecule has 2 nitrogen and oxygen atoms in total. The van der Waals surface area contributed by atoms with Crippen LogP contribution in [0.3, 0.4) is 0 Å². The monoisotopic (exact) mass is 227 g/mol. The van der Waals surface area contributed by atoms with Gasteiger partial charge in [-0.2, -0.15) is 4.73 Å². The third-order valence-electron chi connectivity index (χ3n) is 2.86. The number of pyridine rings is 1. The highest BCUT2D eigenvalue weighted by Crippen LogP contribution is 2.25. The van der Waals surface area contributed by atoms with Crippen LogP contribution in [0.25, 0.3) is 11.1 Å². The SMILES string of the molecule is CC(C)(C)c1ccc(-c2ccc[n+]([O-])c2)cc1. The Bertz CT molecular complexity index is 509. The van der Waals surface area contributed by atoms with Gasteiger partial charge in [0.2, 0.25) is 0 Å². The molecule has 1 heterocycles. The van der Waals surface area contributed by atoms with Crippen LogP contribution in [-0.4, -0.2) is 0 Å². The first-order chi connectivity index (χ1) is 7.97. The maximum absolute atomic E-state index is 11.2. The van der Waals surface area contributed by atoms with E-state index < -0.39 is 0 Å². The van der Waals surface area contributed by atoms with Gasteiger partial charge < -0.3 is 5.21 Å². The van der Waals surface area contributed by atoms with Crippen molar-refractivity contribution in [3.05, 3.63) is 59.6 Å². The van der Waals surface area contributed by atoms with Crippen LogP contribution in [0.15, 0.2) is 48.8 Å². The fourth-order valence-corrected chi connectivity index (χ4v) is 1.79. The molecule has 0 aliphatic heterocycles. The first-order valence-electron chi connectivity index (χ1n) is 5.76. The Kier molecular flexibility index (Phi) is 2.88. The van der Waals surface area contributed by atoms with Gasteiger partial charge in [0.25, 0.3) is 0 Å². The number of rotatable bonds is 1. The maximum Gasteiger partial charge on any atom is 0.188 e. The zero-order valence-corrected chi connectivity index (χ0v) is 10.5. The molecule has 2 rings (SSSR count). The van der Waals surface area contributed by atoms with Crippen molar-refractivity contribution < 1.29 is 4.73 Å². The summed E-state index contributed by atoms with van der Waals surface area (Å²) in [7, 11) is 0. The van der Waals surface area contributed by atoms with Gasteiger partial charge in [0.05, 0.1) is 0 Å². The first-order valence-corrected chi connectivity index (χ1v) is 5.76. The van der Waals surface area contributed by atoms with Crippen LogP contribution in [0, 0.1) is 5.21 Å². The van der Waals surface area contributed by atoms with Crippen LogP contribution < -0.4 is 4.73 Å². The molecule has 0 amide bonds. The van der Waals surface area contributed by atoms with E-state index in [-0.39, 0.29) is 5.41 Å². The van der Waals surface area contributed by atoms with Gasteiger partial charge in [0, 0.05) is 11.6 Å². The summed E-state index contributed by atoms with van der Waals surface area (Å²) in [6.07, 6.45) is 3.08. The van der Waals surface area contributed by atoms with E-state index in [4.69, 9.17) is 0 Å². The lowest BCUT2D eigenvalue weighted by molar-refractivity contribution is -0.604. The molecular weight excluding hydrogens is 210 g/mol. The van der Waals surface area contributed by atoms with E-state index in [0.29, 0.717) is 0 Å². The van der Waals surface area contributed by atoms with Crippen molar-refractivity contribution in [3.63, 3.8) is 0 Å². The smallest absolute Gasteiger partial charge is 0.188 e. The van der Waals surface area contributed by atoms with Gasteiger partial charge in [-0.15, -0.1) is 0 Å². The van der Waals surface area contributed by atoms with Crippen molar-refractivity contribution >= 4 is 0 Å². The molecule has 1 aromatic carbocycles. The zero-order valence-electron chi connectivity index (χ0n) is 10.5.